The molecule has 0 saturated heterocycles. The van der Waals surface area contributed by atoms with Crippen molar-refractivity contribution in [3.05, 3.63) is 59.7 Å². The fourth-order valence-electron chi connectivity index (χ4n) is 3.13. The molecule has 0 radical (unpaired) electrons. The SMILES string of the molecule is CCOC(=O)c1c(C)oc(Nc2ncnc3c2cnn3-c2ccccc2)c1C(N)=O. The highest BCUT2D eigenvalue weighted by Gasteiger charge is 2.29. The van der Waals surface area contributed by atoms with Gasteiger partial charge in [0.1, 0.15) is 29.0 Å². The number of anilines is 2. The van der Waals surface area contributed by atoms with E-state index in [4.69, 9.17) is 14.9 Å². The number of nitrogens with zero attached hydrogens (tertiary/aromatic N) is 4. The van der Waals surface area contributed by atoms with Crippen LogP contribution in [0.15, 0.2) is 47.3 Å². The van der Waals surface area contributed by atoms with E-state index in [1.807, 2.05) is 30.3 Å². The van der Waals surface area contributed by atoms with Gasteiger partial charge in [0.05, 0.1) is 23.9 Å². The normalized spacial score (nSPS) is 10.9. The van der Waals surface area contributed by atoms with Crippen LogP contribution in [0, 0.1) is 6.92 Å². The number of fused-ring (bicyclic) bond motifs is 1. The Hall–Kier alpha value is -4.21. The van der Waals surface area contributed by atoms with Gasteiger partial charge >= 0.3 is 5.97 Å². The number of esters is 1. The number of hydrogen-bond donors (Lipinski definition) is 2. The molecule has 0 spiro atoms. The van der Waals surface area contributed by atoms with Crippen LogP contribution in [0.25, 0.3) is 16.7 Å². The van der Waals surface area contributed by atoms with E-state index < -0.39 is 11.9 Å². The maximum Gasteiger partial charge on any atom is 0.342 e. The average molecular weight is 406 g/mol. The Bertz CT molecular complexity index is 1250. The summed E-state index contributed by atoms with van der Waals surface area (Å²) in [5.41, 5.74) is 6.77. The zero-order valence-corrected chi connectivity index (χ0v) is 16.2. The van der Waals surface area contributed by atoms with Crippen molar-refractivity contribution in [2.24, 2.45) is 5.73 Å². The smallest absolute Gasteiger partial charge is 0.342 e. The Morgan fingerprint density at radius 2 is 1.97 bits per heavy atom. The molecule has 3 aromatic heterocycles. The van der Waals surface area contributed by atoms with Crippen molar-refractivity contribution >= 4 is 34.6 Å². The summed E-state index contributed by atoms with van der Waals surface area (Å²) in [6.07, 6.45) is 2.95. The number of carbonyl (C=O) groups is 2. The average Bonchev–Trinajstić information content (AvgIpc) is 3.30. The fraction of sp³-hybridized carbons (Fsp3) is 0.150. The summed E-state index contributed by atoms with van der Waals surface area (Å²) in [6.45, 7) is 3.36. The number of nitrogens with one attached hydrogen (secondary N) is 1. The molecule has 0 fully saturated rings. The molecular formula is C20H18N6O4. The van der Waals surface area contributed by atoms with E-state index in [9.17, 15) is 9.59 Å². The maximum atomic E-state index is 12.3. The van der Waals surface area contributed by atoms with Crippen molar-refractivity contribution < 1.29 is 18.7 Å². The molecule has 0 unspecified atom stereocenters. The molecule has 0 aliphatic rings. The highest BCUT2D eigenvalue weighted by atomic mass is 16.5. The summed E-state index contributed by atoms with van der Waals surface area (Å²) in [7, 11) is 0. The summed E-state index contributed by atoms with van der Waals surface area (Å²) in [4.78, 5) is 32.9. The minimum Gasteiger partial charge on any atom is -0.462 e. The number of hydrogen-bond acceptors (Lipinski definition) is 8. The number of primary amides is 1. The highest BCUT2D eigenvalue weighted by molar-refractivity contribution is 6.09. The molecule has 0 aliphatic carbocycles. The predicted molar refractivity (Wildman–Crippen MR) is 108 cm³/mol. The van der Waals surface area contributed by atoms with Crippen LogP contribution in [0.2, 0.25) is 0 Å². The fourth-order valence-corrected chi connectivity index (χ4v) is 3.13. The van der Waals surface area contributed by atoms with E-state index in [1.54, 1.807) is 24.7 Å². The molecule has 10 nitrogen and oxygen atoms in total. The molecule has 0 saturated carbocycles. The second kappa shape index (κ2) is 7.66. The Balaban J connectivity index is 1.79. The second-order valence-electron chi connectivity index (χ2n) is 6.30. The van der Waals surface area contributed by atoms with E-state index in [0.717, 1.165) is 5.69 Å². The van der Waals surface area contributed by atoms with Crippen LogP contribution >= 0.6 is 0 Å². The minimum absolute atomic E-state index is 0.00415. The first-order chi connectivity index (χ1) is 14.5. The van der Waals surface area contributed by atoms with Crippen molar-refractivity contribution in [1.82, 2.24) is 19.7 Å². The van der Waals surface area contributed by atoms with Crippen molar-refractivity contribution in [1.29, 1.82) is 0 Å². The number of benzene rings is 1. The highest BCUT2D eigenvalue weighted by Crippen LogP contribution is 2.31. The first-order valence-corrected chi connectivity index (χ1v) is 9.12. The third-order valence-corrected chi connectivity index (χ3v) is 4.41. The number of furan rings is 1. The number of aryl methyl sites for hydroxylation is 1. The zero-order valence-electron chi connectivity index (χ0n) is 16.2. The Kier molecular flexibility index (Phi) is 4.88. The Morgan fingerprint density at radius 3 is 2.67 bits per heavy atom. The number of carbonyl (C=O) groups excluding carboxylic acids is 2. The molecule has 3 heterocycles. The second-order valence-corrected chi connectivity index (χ2v) is 6.30. The van der Waals surface area contributed by atoms with Gasteiger partial charge in [0.25, 0.3) is 5.91 Å². The third-order valence-electron chi connectivity index (χ3n) is 4.41. The van der Waals surface area contributed by atoms with Crippen molar-refractivity contribution in [3.63, 3.8) is 0 Å². The minimum atomic E-state index is -0.831. The number of ether oxygens (including phenoxy) is 1. The van der Waals surface area contributed by atoms with Gasteiger partial charge in [0.2, 0.25) is 5.88 Å². The molecule has 4 aromatic rings. The summed E-state index contributed by atoms with van der Waals surface area (Å²) in [5, 5.41) is 7.91. The zero-order chi connectivity index (χ0) is 21.3. The van der Waals surface area contributed by atoms with Crippen LogP contribution in [0.5, 0.6) is 0 Å². The van der Waals surface area contributed by atoms with Gasteiger partial charge in [-0.2, -0.15) is 5.10 Å². The van der Waals surface area contributed by atoms with Crippen LogP contribution < -0.4 is 11.1 Å². The third kappa shape index (κ3) is 3.24. The van der Waals surface area contributed by atoms with E-state index in [1.165, 1.54) is 6.33 Å². The summed E-state index contributed by atoms with van der Waals surface area (Å²) >= 11 is 0. The molecule has 4 rings (SSSR count). The van der Waals surface area contributed by atoms with E-state index in [2.05, 4.69) is 20.4 Å². The first kappa shape index (κ1) is 19.1. The van der Waals surface area contributed by atoms with E-state index in [0.29, 0.717) is 16.9 Å². The molecule has 0 aliphatic heterocycles. The van der Waals surface area contributed by atoms with Crippen LogP contribution in [-0.2, 0) is 4.74 Å². The number of rotatable bonds is 6. The molecule has 1 amide bonds. The van der Waals surface area contributed by atoms with Gasteiger partial charge in [-0.25, -0.2) is 19.4 Å². The Morgan fingerprint density at radius 1 is 1.20 bits per heavy atom. The lowest BCUT2D eigenvalue weighted by Gasteiger charge is -2.06. The lowest BCUT2D eigenvalue weighted by Crippen LogP contribution is -2.18. The maximum absolute atomic E-state index is 12.3. The molecule has 30 heavy (non-hydrogen) atoms. The molecule has 10 heteroatoms. The number of aromatic nitrogens is 4. The van der Waals surface area contributed by atoms with Crippen molar-refractivity contribution in [3.8, 4) is 5.69 Å². The standard InChI is InChI=1S/C20H18N6O4/c1-3-29-20(28)14-11(2)30-19(15(14)16(21)27)25-17-13-9-24-26(18(13)23-10-22-17)12-7-5-4-6-8-12/h4-10H,3H2,1-2H3,(H2,21,27)(H,22,23,25). The van der Waals surface area contributed by atoms with Gasteiger partial charge in [-0.1, -0.05) is 18.2 Å². The van der Waals surface area contributed by atoms with Gasteiger partial charge in [-0.3, -0.25) is 4.79 Å². The largest absolute Gasteiger partial charge is 0.462 e. The van der Waals surface area contributed by atoms with Crippen molar-refractivity contribution in [2.75, 3.05) is 11.9 Å². The monoisotopic (exact) mass is 406 g/mol. The number of para-hydroxylation sites is 1. The van der Waals surface area contributed by atoms with Crippen LogP contribution in [0.1, 0.15) is 33.4 Å². The Labute approximate surface area is 170 Å². The topological polar surface area (TPSA) is 138 Å². The van der Waals surface area contributed by atoms with Gasteiger partial charge in [0, 0.05) is 0 Å². The molecule has 1 aromatic carbocycles. The molecule has 0 bridgehead atoms. The number of amides is 1. The van der Waals surface area contributed by atoms with Crippen LogP contribution in [-0.4, -0.2) is 38.2 Å². The number of nitrogens with two attached hydrogens (primary N) is 1. The van der Waals surface area contributed by atoms with Crippen LogP contribution in [0.3, 0.4) is 0 Å². The van der Waals surface area contributed by atoms with Gasteiger partial charge < -0.3 is 20.2 Å². The van der Waals surface area contributed by atoms with Gasteiger partial charge in [-0.15, -0.1) is 0 Å². The quantitative estimate of drug-likeness (QED) is 0.466. The summed E-state index contributed by atoms with van der Waals surface area (Å²) < 4.78 is 12.3. The lowest BCUT2D eigenvalue weighted by atomic mass is 10.1. The van der Waals surface area contributed by atoms with Crippen molar-refractivity contribution in [2.45, 2.75) is 13.8 Å². The van der Waals surface area contributed by atoms with E-state index in [-0.39, 0.29) is 29.4 Å². The van der Waals surface area contributed by atoms with E-state index >= 15 is 0 Å². The predicted octanol–water partition coefficient (Wildman–Crippen LogP) is 2.74. The summed E-state index contributed by atoms with van der Waals surface area (Å²) in [6, 6.07) is 9.49. The molecule has 3 N–H and O–H groups in total. The molecule has 152 valence electrons. The summed E-state index contributed by atoms with van der Waals surface area (Å²) in [5.74, 6) is -0.979. The van der Waals surface area contributed by atoms with Gasteiger partial charge in [-0.05, 0) is 26.0 Å². The van der Waals surface area contributed by atoms with Crippen LogP contribution in [0.4, 0.5) is 11.7 Å². The van der Waals surface area contributed by atoms with Gasteiger partial charge in [0.15, 0.2) is 5.65 Å². The molecule has 0 atom stereocenters. The molecular weight excluding hydrogens is 388 g/mol. The first-order valence-electron chi connectivity index (χ1n) is 9.12. The lowest BCUT2D eigenvalue weighted by molar-refractivity contribution is 0.0521.